The number of nitro benzene ring substituents is 1. The van der Waals surface area contributed by atoms with Crippen LogP contribution in [-0.2, 0) is 14.3 Å². The van der Waals surface area contributed by atoms with E-state index in [0.29, 0.717) is 11.4 Å². The maximum atomic E-state index is 12.7. The number of nitrogens with one attached hydrogen (secondary N) is 2. The van der Waals surface area contributed by atoms with Gasteiger partial charge >= 0.3 is 6.09 Å². The zero-order valence-corrected chi connectivity index (χ0v) is 19.0. The van der Waals surface area contributed by atoms with Gasteiger partial charge in [0.15, 0.2) is 6.61 Å². The molecule has 2 aromatic carbocycles. The molecular formula is C22H24N4O8. The Labute approximate surface area is 194 Å². The van der Waals surface area contributed by atoms with Crippen LogP contribution in [-0.4, -0.2) is 48.7 Å². The lowest BCUT2D eigenvalue weighted by atomic mass is 10.2. The minimum atomic E-state index is -0.709. The lowest BCUT2D eigenvalue weighted by Crippen LogP contribution is -2.43. The maximum Gasteiger partial charge on any atom is 0.412 e. The Morgan fingerprint density at radius 2 is 1.91 bits per heavy atom. The molecule has 2 aromatic rings. The number of fused-ring (bicyclic) bond motifs is 1. The molecule has 0 saturated carbocycles. The number of benzene rings is 2. The van der Waals surface area contributed by atoms with Crippen LogP contribution in [0.4, 0.5) is 27.5 Å². The predicted octanol–water partition coefficient (Wildman–Crippen LogP) is 3.31. The SMILES string of the molecule is COc1ccc(NC(=O)CN2C(=O)COc3ccc([N+](=O)[O-])cc32)cc1NC(=O)OC(C)(C)C. The van der Waals surface area contributed by atoms with Crippen molar-refractivity contribution in [2.45, 2.75) is 26.4 Å². The van der Waals surface area contributed by atoms with Gasteiger partial charge in [-0.25, -0.2) is 4.79 Å². The summed E-state index contributed by atoms with van der Waals surface area (Å²) in [7, 11) is 1.43. The first-order valence-electron chi connectivity index (χ1n) is 10.2. The number of carbonyl (C=O) groups excluding carboxylic acids is 3. The van der Waals surface area contributed by atoms with Crippen LogP contribution in [0.1, 0.15) is 20.8 Å². The Bertz CT molecular complexity index is 1140. The molecule has 0 atom stereocenters. The number of ether oxygens (including phenoxy) is 3. The molecule has 0 saturated heterocycles. The number of hydrogen-bond acceptors (Lipinski definition) is 8. The summed E-state index contributed by atoms with van der Waals surface area (Å²) in [5, 5.41) is 16.3. The van der Waals surface area contributed by atoms with Gasteiger partial charge in [0.2, 0.25) is 5.91 Å². The van der Waals surface area contributed by atoms with Crippen molar-refractivity contribution in [2.24, 2.45) is 0 Å². The molecule has 0 aromatic heterocycles. The van der Waals surface area contributed by atoms with Gasteiger partial charge in [-0.2, -0.15) is 0 Å². The molecule has 0 bridgehead atoms. The number of non-ortho nitro benzene ring substituents is 1. The molecule has 3 amide bonds. The van der Waals surface area contributed by atoms with Crippen molar-refractivity contribution < 1.29 is 33.5 Å². The molecule has 0 fully saturated rings. The van der Waals surface area contributed by atoms with Gasteiger partial charge in [0.05, 0.1) is 23.4 Å². The normalized spacial score (nSPS) is 12.8. The summed E-state index contributed by atoms with van der Waals surface area (Å²) in [6.45, 7) is 4.46. The lowest BCUT2D eigenvalue weighted by Gasteiger charge is -2.28. The van der Waals surface area contributed by atoms with E-state index in [4.69, 9.17) is 14.2 Å². The Balaban J connectivity index is 1.76. The lowest BCUT2D eigenvalue weighted by molar-refractivity contribution is -0.384. The fraction of sp³-hybridized carbons (Fsp3) is 0.318. The topological polar surface area (TPSA) is 149 Å². The van der Waals surface area contributed by atoms with Gasteiger partial charge in [-0.05, 0) is 45.0 Å². The fourth-order valence-corrected chi connectivity index (χ4v) is 3.12. The highest BCUT2D eigenvalue weighted by atomic mass is 16.6. The van der Waals surface area contributed by atoms with Crippen molar-refractivity contribution in [2.75, 3.05) is 35.8 Å². The molecule has 180 valence electrons. The number of anilines is 3. The molecule has 0 unspecified atom stereocenters. The van der Waals surface area contributed by atoms with Crippen LogP contribution < -0.4 is 25.0 Å². The van der Waals surface area contributed by atoms with Gasteiger partial charge < -0.3 is 19.5 Å². The van der Waals surface area contributed by atoms with Crippen LogP contribution in [0.2, 0.25) is 0 Å². The number of rotatable bonds is 6. The molecule has 12 nitrogen and oxygen atoms in total. The van der Waals surface area contributed by atoms with Crippen molar-refractivity contribution in [3.63, 3.8) is 0 Å². The molecule has 0 radical (unpaired) electrons. The minimum Gasteiger partial charge on any atom is -0.495 e. The third-order valence-corrected chi connectivity index (χ3v) is 4.52. The van der Waals surface area contributed by atoms with E-state index in [-0.39, 0.29) is 29.4 Å². The second-order valence-electron chi connectivity index (χ2n) is 8.27. The summed E-state index contributed by atoms with van der Waals surface area (Å²) >= 11 is 0. The smallest absolute Gasteiger partial charge is 0.412 e. The largest absolute Gasteiger partial charge is 0.495 e. The fourth-order valence-electron chi connectivity index (χ4n) is 3.12. The molecule has 1 aliphatic rings. The van der Waals surface area contributed by atoms with Gasteiger partial charge in [-0.1, -0.05) is 0 Å². The van der Waals surface area contributed by atoms with Crippen molar-refractivity contribution in [1.82, 2.24) is 0 Å². The van der Waals surface area contributed by atoms with E-state index < -0.39 is 35.0 Å². The highest BCUT2D eigenvalue weighted by molar-refractivity contribution is 6.05. The van der Waals surface area contributed by atoms with Crippen LogP contribution in [0.3, 0.4) is 0 Å². The van der Waals surface area contributed by atoms with E-state index in [1.165, 1.54) is 31.4 Å². The molecule has 0 spiro atoms. The van der Waals surface area contributed by atoms with Crippen LogP contribution in [0.15, 0.2) is 36.4 Å². The molecule has 0 aliphatic carbocycles. The number of hydrogen-bond donors (Lipinski definition) is 2. The van der Waals surface area contributed by atoms with E-state index >= 15 is 0 Å². The second kappa shape index (κ2) is 9.65. The van der Waals surface area contributed by atoms with E-state index in [2.05, 4.69) is 10.6 Å². The number of amides is 3. The maximum absolute atomic E-state index is 12.7. The van der Waals surface area contributed by atoms with Crippen molar-refractivity contribution in [3.05, 3.63) is 46.5 Å². The molecule has 34 heavy (non-hydrogen) atoms. The monoisotopic (exact) mass is 472 g/mol. The summed E-state index contributed by atoms with van der Waals surface area (Å²) in [6.07, 6.45) is -0.702. The molecule has 1 aliphatic heterocycles. The highest BCUT2D eigenvalue weighted by Crippen LogP contribution is 2.35. The third-order valence-electron chi connectivity index (χ3n) is 4.52. The van der Waals surface area contributed by atoms with Crippen molar-refractivity contribution >= 4 is 40.7 Å². The van der Waals surface area contributed by atoms with E-state index in [9.17, 15) is 24.5 Å². The summed E-state index contributed by atoms with van der Waals surface area (Å²) in [5.74, 6) is -0.494. The molecule has 2 N–H and O–H groups in total. The Hall–Kier alpha value is -4.35. The number of nitrogens with zero attached hydrogens (tertiary/aromatic N) is 2. The standard InChI is InChI=1S/C22H24N4O8/c1-22(2,3)34-21(29)24-15-9-13(5-7-17(15)32-4)23-19(27)11-25-16-10-14(26(30)31)6-8-18(16)33-12-20(25)28/h5-10H,11-12H2,1-4H3,(H,23,27)(H,24,29). The summed E-state index contributed by atoms with van der Waals surface area (Å²) in [4.78, 5) is 48.8. The second-order valence-corrected chi connectivity index (χ2v) is 8.27. The molecule has 12 heteroatoms. The van der Waals surface area contributed by atoms with Crippen LogP contribution in [0.5, 0.6) is 11.5 Å². The Kier molecular flexibility index (Phi) is 6.89. The molecular weight excluding hydrogens is 448 g/mol. The van der Waals surface area contributed by atoms with E-state index in [0.717, 1.165) is 4.90 Å². The summed E-state index contributed by atoms with van der Waals surface area (Å²) in [5.41, 5.74) is -0.243. The summed E-state index contributed by atoms with van der Waals surface area (Å²) < 4.78 is 15.8. The van der Waals surface area contributed by atoms with Gasteiger partial charge in [0.25, 0.3) is 11.6 Å². The van der Waals surface area contributed by atoms with Gasteiger partial charge in [-0.15, -0.1) is 0 Å². The number of methoxy groups -OCH3 is 1. The van der Waals surface area contributed by atoms with Crippen molar-refractivity contribution in [1.29, 1.82) is 0 Å². The van der Waals surface area contributed by atoms with E-state index in [1.54, 1.807) is 32.9 Å². The van der Waals surface area contributed by atoms with Crippen LogP contribution in [0.25, 0.3) is 0 Å². The summed E-state index contributed by atoms with van der Waals surface area (Å²) in [6, 6.07) is 8.38. The van der Waals surface area contributed by atoms with E-state index in [1.807, 2.05) is 0 Å². The van der Waals surface area contributed by atoms with Gasteiger partial charge in [0, 0.05) is 17.8 Å². The van der Waals surface area contributed by atoms with Gasteiger partial charge in [-0.3, -0.25) is 29.9 Å². The zero-order chi connectivity index (χ0) is 25.0. The molecule has 1 heterocycles. The highest BCUT2D eigenvalue weighted by Gasteiger charge is 2.29. The predicted molar refractivity (Wildman–Crippen MR) is 122 cm³/mol. The first kappa shape index (κ1) is 24.3. The van der Waals surface area contributed by atoms with Crippen LogP contribution >= 0.6 is 0 Å². The zero-order valence-electron chi connectivity index (χ0n) is 19.0. The minimum absolute atomic E-state index is 0.127. The first-order chi connectivity index (χ1) is 16.0. The third kappa shape index (κ3) is 5.91. The first-order valence-corrected chi connectivity index (χ1v) is 10.2. The number of carbonyl (C=O) groups is 3. The average Bonchev–Trinajstić information content (AvgIpc) is 2.74. The Morgan fingerprint density at radius 1 is 1.18 bits per heavy atom. The van der Waals surface area contributed by atoms with Gasteiger partial charge in [0.1, 0.15) is 23.6 Å². The molecule has 3 rings (SSSR count). The van der Waals surface area contributed by atoms with Crippen LogP contribution in [0, 0.1) is 10.1 Å². The Morgan fingerprint density at radius 3 is 2.56 bits per heavy atom. The quantitative estimate of drug-likeness (QED) is 0.480. The average molecular weight is 472 g/mol. The number of nitro groups is 1. The van der Waals surface area contributed by atoms with Crippen molar-refractivity contribution in [3.8, 4) is 11.5 Å².